The summed E-state index contributed by atoms with van der Waals surface area (Å²) in [7, 11) is 0. The van der Waals surface area contributed by atoms with Crippen molar-refractivity contribution in [2.24, 2.45) is 0 Å². The van der Waals surface area contributed by atoms with Crippen LogP contribution in [-0.4, -0.2) is 14.5 Å². The van der Waals surface area contributed by atoms with E-state index in [0.29, 0.717) is 0 Å². The Kier molecular flexibility index (Phi) is 3.16. The third kappa shape index (κ3) is 2.45. The molecule has 0 spiro atoms. The van der Waals surface area contributed by atoms with Gasteiger partial charge in [-0.25, -0.2) is 4.98 Å². The predicted octanol–water partition coefficient (Wildman–Crippen LogP) is 2.65. The summed E-state index contributed by atoms with van der Waals surface area (Å²) < 4.78 is 3.15. The Labute approximate surface area is 97.3 Å². The van der Waals surface area contributed by atoms with Gasteiger partial charge in [-0.05, 0) is 27.6 Å². The second-order valence-electron chi connectivity index (χ2n) is 3.34. The summed E-state index contributed by atoms with van der Waals surface area (Å²) in [4.78, 5) is 8.42. The van der Waals surface area contributed by atoms with Gasteiger partial charge in [0, 0.05) is 35.7 Å². The molecule has 0 radical (unpaired) electrons. The van der Waals surface area contributed by atoms with E-state index in [4.69, 9.17) is 0 Å². The molecule has 0 bridgehead atoms. The monoisotopic (exact) mass is 265 g/mol. The highest BCUT2D eigenvalue weighted by atomic mass is 79.9. The maximum atomic E-state index is 4.28. The van der Waals surface area contributed by atoms with Crippen LogP contribution in [0.2, 0.25) is 0 Å². The molecule has 2 rings (SSSR count). The molecule has 0 fully saturated rings. The van der Waals surface area contributed by atoms with Crippen LogP contribution in [0.25, 0.3) is 0 Å². The van der Waals surface area contributed by atoms with Crippen molar-refractivity contribution in [1.82, 2.24) is 14.5 Å². The fourth-order valence-corrected chi connectivity index (χ4v) is 1.95. The lowest BCUT2D eigenvalue weighted by Gasteiger charge is -2.06. The number of aryl methyl sites for hydroxylation is 1. The molecule has 0 aromatic carbocycles. The third-order valence-corrected chi connectivity index (χ3v) is 2.67. The highest BCUT2D eigenvalue weighted by molar-refractivity contribution is 9.10. The van der Waals surface area contributed by atoms with E-state index in [-0.39, 0.29) is 0 Å². The Bertz CT molecular complexity index is 451. The Balaban J connectivity index is 2.22. The van der Waals surface area contributed by atoms with Gasteiger partial charge in [-0.15, -0.1) is 0 Å². The van der Waals surface area contributed by atoms with Crippen molar-refractivity contribution >= 4 is 15.9 Å². The third-order valence-electron chi connectivity index (χ3n) is 2.23. The topological polar surface area (TPSA) is 30.7 Å². The highest BCUT2D eigenvalue weighted by Crippen LogP contribution is 2.11. The zero-order valence-corrected chi connectivity index (χ0v) is 10.1. The minimum absolute atomic E-state index is 0.829. The van der Waals surface area contributed by atoms with Gasteiger partial charge in [-0.2, -0.15) is 0 Å². The van der Waals surface area contributed by atoms with Crippen LogP contribution in [0.3, 0.4) is 0 Å². The van der Waals surface area contributed by atoms with Crippen LogP contribution in [0.4, 0.5) is 0 Å². The fourth-order valence-electron chi connectivity index (χ4n) is 1.54. The first-order valence-electron chi connectivity index (χ1n) is 4.89. The SMILES string of the molecule is CCc1nccn1Cc1cncc(Br)c1. The van der Waals surface area contributed by atoms with E-state index in [2.05, 4.69) is 43.5 Å². The highest BCUT2D eigenvalue weighted by Gasteiger charge is 2.01. The molecular formula is C11H12BrN3. The van der Waals surface area contributed by atoms with Crippen molar-refractivity contribution < 1.29 is 0 Å². The standard InChI is InChI=1S/C11H12BrN3/c1-2-11-14-3-4-15(11)8-9-5-10(12)7-13-6-9/h3-7H,2,8H2,1H3. The van der Waals surface area contributed by atoms with E-state index in [0.717, 1.165) is 23.3 Å². The second kappa shape index (κ2) is 4.57. The normalized spacial score (nSPS) is 10.5. The minimum Gasteiger partial charge on any atom is -0.330 e. The van der Waals surface area contributed by atoms with Crippen LogP contribution < -0.4 is 0 Å². The molecule has 4 heteroatoms. The molecule has 0 saturated carbocycles. The summed E-state index contributed by atoms with van der Waals surface area (Å²) >= 11 is 3.41. The lowest BCUT2D eigenvalue weighted by Crippen LogP contribution is -2.03. The zero-order chi connectivity index (χ0) is 10.7. The van der Waals surface area contributed by atoms with E-state index in [1.54, 1.807) is 6.20 Å². The number of rotatable bonds is 3. The van der Waals surface area contributed by atoms with Crippen LogP contribution in [-0.2, 0) is 13.0 Å². The number of aromatic nitrogens is 3. The molecule has 2 heterocycles. The van der Waals surface area contributed by atoms with Crippen LogP contribution in [0.15, 0.2) is 35.3 Å². The van der Waals surface area contributed by atoms with Crippen molar-refractivity contribution in [3.63, 3.8) is 0 Å². The smallest absolute Gasteiger partial charge is 0.108 e. The molecule has 0 aliphatic rings. The number of halogens is 1. The van der Waals surface area contributed by atoms with Crippen LogP contribution in [0.5, 0.6) is 0 Å². The van der Waals surface area contributed by atoms with E-state index in [9.17, 15) is 0 Å². The van der Waals surface area contributed by atoms with Crippen molar-refractivity contribution in [1.29, 1.82) is 0 Å². The quantitative estimate of drug-likeness (QED) is 0.855. The van der Waals surface area contributed by atoms with Gasteiger partial charge >= 0.3 is 0 Å². The molecule has 0 amide bonds. The van der Waals surface area contributed by atoms with Gasteiger partial charge in [0.25, 0.3) is 0 Å². The van der Waals surface area contributed by atoms with Gasteiger partial charge in [0.05, 0.1) is 6.54 Å². The largest absolute Gasteiger partial charge is 0.330 e. The molecule has 0 aliphatic carbocycles. The molecule has 0 aliphatic heterocycles. The summed E-state index contributed by atoms with van der Waals surface area (Å²) in [5, 5.41) is 0. The number of imidazole rings is 1. The molecule has 3 nitrogen and oxygen atoms in total. The summed E-state index contributed by atoms with van der Waals surface area (Å²) in [6.07, 6.45) is 8.46. The summed E-state index contributed by atoms with van der Waals surface area (Å²) in [5.41, 5.74) is 1.18. The molecule has 2 aromatic heterocycles. The average molecular weight is 266 g/mol. The zero-order valence-electron chi connectivity index (χ0n) is 8.52. The fraction of sp³-hybridized carbons (Fsp3) is 0.273. The van der Waals surface area contributed by atoms with Gasteiger partial charge in [-0.1, -0.05) is 6.92 Å². The van der Waals surface area contributed by atoms with Crippen molar-refractivity contribution in [2.45, 2.75) is 19.9 Å². The summed E-state index contributed by atoms with van der Waals surface area (Å²) in [6.45, 7) is 2.94. The van der Waals surface area contributed by atoms with Crippen molar-refractivity contribution in [3.8, 4) is 0 Å². The Morgan fingerprint density at radius 1 is 1.40 bits per heavy atom. The molecule has 0 saturated heterocycles. The van der Waals surface area contributed by atoms with Gasteiger partial charge in [-0.3, -0.25) is 4.98 Å². The van der Waals surface area contributed by atoms with Gasteiger partial charge < -0.3 is 4.57 Å². The molecule has 0 N–H and O–H groups in total. The van der Waals surface area contributed by atoms with Crippen LogP contribution in [0.1, 0.15) is 18.3 Å². The lowest BCUT2D eigenvalue weighted by atomic mass is 10.3. The molecular weight excluding hydrogens is 254 g/mol. The lowest BCUT2D eigenvalue weighted by molar-refractivity contribution is 0.729. The van der Waals surface area contributed by atoms with Gasteiger partial charge in [0.15, 0.2) is 0 Å². The molecule has 0 unspecified atom stereocenters. The maximum Gasteiger partial charge on any atom is 0.108 e. The van der Waals surface area contributed by atoms with Gasteiger partial charge in [0.1, 0.15) is 5.82 Å². The number of hydrogen-bond donors (Lipinski definition) is 0. The van der Waals surface area contributed by atoms with Crippen molar-refractivity contribution in [2.75, 3.05) is 0 Å². The maximum absolute atomic E-state index is 4.28. The Morgan fingerprint density at radius 2 is 2.27 bits per heavy atom. The first-order valence-corrected chi connectivity index (χ1v) is 5.68. The number of hydrogen-bond acceptors (Lipinski definition) is 2. The minimum atomic E-state index is 0.829. The van der Waals surface area contributed by atoms with Crippen LogP contribution in [0, 0.1) is 0 Å². The average Bonchev–Trinajstić information content (AvgIpc) is 2.65. The van der Waals surface area contributed by atoms with E-state index in [1.165, 1.54) is 5.56 Å². The first-order chi connectivity index (χ1) is 7.29. The van der Waals surface area contributed by atoms with E-state index >= 15 is 0 Å². The van der Waals surface area contributed by atoms with Crippen molar-refractivity contribution in [3.05, 3.63) is 46.7 Å². The molecule has 78 valence electrons. The Hall–Kier alpha value is -1.16. The van der Waals surface area contributed by atoms with Gasteiger partial charge in [0.2, 0.25) is 0 Å². The second-order valence-corrected chi connectivity index (χ2v) is 4.25. The number of pyridine rings is 1. The number of nitrogens with zero attached hydrogens (tertiary/aromatic N) is 3. The predicted molar refractivity (Wildman–Crippen MR) is 62.6 cm³/mol. The first kappa shape index (κ1) is 10.4. The molecule has 15 heavy (non-hydrogen) atoms. The summed E-state index contributed by atoms with van der Waals surface area (Å²) in [5.74, 6) is 1.11. The Morgan fingerprint density at radius 3 is 3.00 bits per heavy atom. The summed E-state index contributed by atoms with van der Waals surface area (Å²) in [6, 6.07) is 2.08. The molecule has 0 atom stereocenters. The molecule has 2 aromatic rings. The van der Waals surface area contributed by atoms with Crippen LogP contribution >= 0.6 is 15.9 Å². The van der Waals surface area contributed by atoms with E-state index < -0.39 is 0 Å². The van der Waals surface area contributed by atoms with E-state index in [1.807, 2.05) is 18.6 Å².